The Morgan fingerprint density at radius 2 is 1.79 bits per heavy atom. The lowest BCUT2D eigenvalue weighted by atomic mass is 10.2. The van der Waals surface area contributed by atoms with Crippen LogP contribution < -0.4 is 9.92 Å². The molecule has 1 rings (SSSR count). The minimum absolute atomic E-state index is 0.0648. The first kappa shape index (κ1) is 11.2. The van der Waals surface area contributed by atoms with Gasteiger partial charge in [-0.25, -0.2) is 4.39 Å². The van der Waals surface area contributed by atoms with E-state index in [2.05, 4.69) is 19.6 Å². The van der Waals surface area contributed by atoms with Crippen molar-refractivity contribution in [2.75, 3.05) is 7.11 Å². The van der Waals surface area contributed by atoms with Gasteiger partial charge in [-0.1, -0.05) is 19.6 Å². The fourth-order valence-corrected chi connectivity index (χ4v) is 2.83. The van der Waals surface area contributed by atoms with Crippen LogP contribution in [0.25, 0.3) is 0 Å². The van der Waals surface area contributed by atoms with E-state index in [1.165, 1.54) is 0 Å². The highest BCUT2D eigenvalue weighted by atomic mass is 28.3. The van der Waals surface area contributed by atoms with E-state index in [0.717, 1.165) is 10.9 Å². The molecule has 0 atom stereocenters. The Morgan fingerprint density at radius 3 is 2.21 bits per heavy atom. The third-order valence-electron chi connectivity index (χ3n) is 2.27. The molecule has 0 aliphatic rings. The molecule has 0 aliphatic heterocycles. The molecule has 0 aromatic heterocycles. The molecule has 14 heavy (non-hydrogen) atoms. The molecule has 3 heteroatoms. The number of halogens is 1. The Bertz CT molecular complexity index is 342. The van der Waals surface area contributed by atoms with Gasteiger partial charge in [0, 0.05) is 0 Å². The molecule has 0 fully saturated rings. The second kappa shape index (κ2) is 3.73. The molecule has 0 saturated heterocycles. The quantitative estimate of drug-likeness (QED) is 0.685. The Hall–Kier alpha value is -0.833. The van der Waals surface area contributed by atoms with Crippen LogP contribution in [0.2, 0.25) is 19.6 Å². The first-order valence-electron chi connectivity index (χ1n) is 4.71. The molecule has 1 nitrogen and oxygen atoms in total. The van der Waals surface area contributed by atoms with E-state index in [1.807, 2.05) is 6.07 Å². The van der Waals surface area contributed by atoms with Crippen molar-refractivity contribution in [3.63, 3.8) is 0 Å². The highest BCUT2D eigenvalue weighted by molar-refractivity contribution is 6.88. The molecule has 0 heterocycles. The molecule has 78 valence electrons. The fourth-order valence-electron chi connectivity index (χ4n) is 1.40. The van der Waals surface area contributed by atoms with Crippen LogP contribution in [0.5, 0.6) is 5.75 Å². The van der Waals surface area contributed by atoms with Crippen molar-refractivity contribution in [2.24, 2.45) is 0 Å². The highest BCUT2D eigenvalue weighted by Gasteiger charge is 2.22. The van der Waals surface area contributed by atoms with Crippen LogP contribution in [-0.2, 0) is 0 Å². The molecule has 0 radical (unpaired) electrons. The number of hydrogen-bond acceptors (Lipinski definition) is 1. The number of methoxy groups -OCH3 is 1. The van der Waals surface area contributed by atoms with Crippen LogP contribution in [-0.4, -0.2) is 15.2 Å². The van der Waals surface area contributed by atoms with Gasteiger partial charge < -0.3 is 4.74 Å². The van der Waals surface area contributed by atoms with Gasteiger partial charge in [0.15, 0.2) is 0 Å². The molecule has 1 aromatic rings. The lowest BCUT2D eigenvalue weighted by molar-refractivity contribution is 0.413. The van der Waals surface area contributed by atoms with E-state index in [4.69, 9.17) is 4.74 Å². The normalized spacial score (nSPS) is 11.6. The molecule has 0 N–H and O–H groups in total. The zero-order valence-corrected chi connectivity index (χ0v) is 10.4. The molecule has 0 unspecified atom stereocenters. The van der Waals surface area contributed by atoms with Crippen LogP contribution >= 0.6 is 0 Å². The van der Waals surface area contributed by atoms with Crippen LogP contribution in [0.3, 0.4) is 0 Å². The average molecular weight is 212 g/mol. The van der Waals surface area contributed by atoms with Gasteiger partial charge >= 0.3 is 0 Å². The van der Waals surface area contributed by atoms with Gasteiger partial charge in [-0.15, -0.1) is 0 Å². The van der Waals surface area contributed by atoms with E-state index in [9.17, 15) is 4.39 Å². The summed E-state index contributed by atoms with van der Waals surface area (Å²) in [4.78, 5) is 0. The molecule has 0 saturated carbocycles. The van der Waals surface area contributed by atoms with Crippen molar-refractivity contribution >= 4 is 13.3 Å². The summed E-state index contributed by atoms with van der Waals surface area (Å²) in [7, 11) is -0.000142. The second-order valence-electron chi connectivity index (χ2n) is 4.56. The van der Waals surface area contributed by atoms with Gasteiger partial charge in [0.1, 0.15) is 11.6 Å². The average Bonchev–Trinajstić information content (AvgIpc) is 2.07. The van der Waals surface area contributed by atoms with Gasteiger partial charge in [-0.3, -0.25) is 0 Å². The maximum Gasteiger partial charge on any atom is 0.125 e. The monoisotopic (exact) mass is 212 g/mol. The Kier molecular flexibility index (Phi) is 3.00. The number of aryl methyl sites for hydroxylation is 1. The summed E-state index contributed by atoms with van der Waals surface area (Å²) in [6.45, 7) is 8.17. The highest BCUT2D eigenvalue weighted by Crippen LogP contribution is 2.17. The van der Waals surface area contributed by atoms with Gasteiger partial charge in [0.25, 0.3) is 0 Å². The van der Waals surface area contributed by atoms with Crippen LogP contribution in [0.1, 0.15) is 5.56 Å². The van der Waals surface area contributed by atoms with Crippen molar-refractivity contribution in [1.29, 1.82) is 0 Å². The SMILES string of the molecule is COc1cc(C)c(F)c([Si](C)(C)C)c1. The van der Waals surface area contributed by atoms with E-state index in [1.54, 1.807) is 20.1 Å². The zero-order valence-electron chi connectivity index (χ0n) is 9.44. The topological polar surface area (TPSA) is 9.23 Å². The van der Waals surface area contributed by atoms with Crippen molar-refractivity contribution in [1.82, 2.24) is 0 Å². The Balaban J connectivity index is 3.35. The Labute approximate surface area is 85.9 Å². The number of ether oxygens (including phenoxy) is 1. The first-order chi connectivity index (χ1) is 6.36. The summed E-state index contributed by atoms with van der Waals surface area (Å²) in [6.07, 6.45) is 0. The third kappa shape index (κ3) is 2.15. The van der Waals surface area contributed by atoms with Crippen molar-refractivity contribution in [3.8, 4) is 5.75 Å². The molecule has 0 spiro atoms. The van der Waals surface area contributed by atoms with E-state index >= 15 is 0 Å². The second-order valence-corrected chi connectivity index (χ2v) is 9.59. The summed E-state index contributed by atoms with van der Waals surface area (Å²) in [6, 6.07) is 3.56. The van der Waals surface area contributed by atoms with Crippen molar-refractivity contribution in [2.45, 2.75) is 26.6 Å². The number of benzene rings is 1. The van der Waals surface area contributed by atoms with E-state index in [0.29, 0.717) is 5.56 Å². The molecule has 0 aliphatic carbocycles. The van der Waals surface area contributed by atoms with E-state index in [-0.39, 0.29) is 5.82 Å². The molecular weight excluding hydrogens is 195 g/mol. The molecule has 1 aromatic carbocycles. The number of hydrogen-bond donors (Lipinski definition) is 0. The van der Waals surface area contributed by atoms with Gasteiger partial charge in [0.2, 0.25) is 0 Å². The minimum Gasteiger partial charge on any atom is -0.497 e. The van der Waals surface area contributed by atoms with Gasteiger partial charge in [-0.2, -0.15) is 0 Å². The predicted octanol–water partition coefficient (Wildman–Crippen LogP) is 2.69. The molecule has 0 bridgehead atoms. The van der Waals surface area contributed by atoms with Crippen molar-refractivity contribution < 1.29 is 9.13 Å². The fraction of sp³-hybridized carbons (Fsp3) is 0.455. The van der Waals surface area contributed by atoms with Crippen LogP contribution in [0, 0.1) is 12.7 Å². The van der Waals surface area contributed by atoms with Gasteiger partial charge in [-0.05, 0) is 29.8 Å². The number of rotatable bonds is 2. The van der Waals surface area contributed by atoms with Crippen LogP contribution in [0.15, 0.2) is 12.1 Å². The smallest absolute Gasteiger partial charge is 0.125 e. The Morgan fingerprint density at radius 1 is 1.21 bits per heavy atom. The van der Waals surface area contributed by atoms with Crippen LogP contribution in [0.4, 0.5) is 4.39 Å². The lowest BCUT2D eigenvalue weighted by Gasteiger charge is -2.19. The summed E-state index contributed by atoms with van der Waals surface area (Å²) in [5, 5.41) is 0.842. The predicted molar refractivity (Wildman–Crippen MR) is 60.7 cm³/mol. The maximum absolute atomic E-state index is 13.8. The molecular formula is C11H17FOSi. The minimum atomic E-state index is -1.61. The standard InChI is InChI=1S/C11H17FOSi/c1-8-6-9(13-2)7-10(11(8)12)14(3,4)5/h6-7H,1-5H3. The largest absolute Gasteiger partial charge is 0.497 e. The summed E-state index contributed by atoms with van der Waals surface area (Å²) < 4.78 is 18.9. The first-order valence-corrected chi connectivity index (χ1v) is 8.21. The lowest BCUT2D eigenvalue weighted by Crippen LogP contribution is -2.40. The van der Waals surface area contributed by atoms with E-state index < -0.39 is 8.07 Å². The summed E-state index contributed by atoms with van der Waals surface area (Å²) >= 11 is 0. The third-order valence-corrected chi connectivity index (χ3v) is 4.25. The maximum atomic E-state index is 13.8. The summed E-state index contributed by atoms with van der Waals surface area (Å²) in [5.41, 5.74) is 0.668. The summed E-state index contributed by atoms with van der Waals surface area (Å²) in [5.74, 6) is 0.686. The van der Waals surface area contributed by atoms with Gasteiger partial charge in [0.05, 0.1) is 15.2 Å². The van der Waals surface area contributed by atoms with Crippen molar-refractivity contribution in [3.05, 3.63) is 23.5 Å². The zero-order chi connectivity index (χ0) is 10.9. The molecule has 0 amide bonds.